The highest BCUT2D eigenvalue weighted by Gasteiger charge is 2.33. The molecule has 0 spiro atoms. The first-order valence-electron chi connectivity index (χ1n) is 10.4. The molecule has 0 fully saturated rings. The lowest BCUT2D eigenvalue weighted by atomic mass is 10.0. The number of anilines is 1. The molecule has 0 unspecified atom stereocenters. The molecule has 1 N–H and O–H groups in total. The van der Waals surface area contributed by atoms with Gasteiger partial charge in [0.05, 0.1) is 24.4 Å². The van der Waals surface area contributed by atoms with Crippen LogP contribution < -0.4 is 5.32 Å². The molecule has 2 aromatic heterocycles. The number of halogens is 1. The third-order valence-electron chi connectivity index (χ3n) is 5.79. The zero-order chi connectivity index (χ0) is 23.0. The van der Waals surface area contributed by atoms with Gasteiger partial charge in [0.25, 0.3) is 10.0 Å². The zero-order valence-electron chi connectivity index (χ0n) is 17.9. The van der Waals surface area contributed by atoms with E-state index < -0.39 is 10.0 Å². The lowest BCUT2D eigenvalue weighted by Crippen LogP contribution is -2.25. The second kappa shape index (κ2) is 8.69. The maximum Gasteiger partial charge on any atom is 0.254 e. The monoisotopic (exact) mass is 483 g/mol. The van der Waals surface area contributed by atoms with E-state index in [1.54, 1.807) is 31.7 Å². The van der Waals surface area contributed by atoms with E-state index in [1.807, 2.05) is 18.2 Å². The van der Waals surface area contributed by atoms with Gasteiger partial charge in [-0.05, 0) is 35.2 Å². The molecule has 4 aromatic rings. The van der Waals surface area contributed by atoms with Crippen LogP contribution in [-0.2, 0) is 36.1 Å². The molecule has 2 aromatic carbocycles. The Balaban J connectivity index is 1.40. The first-order valence-corrected chi connectivity index (χ1v) is 12.7. The molecule has 0 aliphatic carbocycles. The summed E-state index contributed by atoms with van der Waals surface area (Å²) in [5, 5.41) is 3.45. The Labute approximate surface area is 195 Å². The molecule has 0 atom stereocenters. The quantitative estimate of drug-likeness (QED) is 0.428. The number of nitrogens with zero attached hydrogens (tertiary/aromatic N) is 4. The smallest absolute Gasteiger partial charge is 0.254 e. The van der Waals surface area contributed by atoms with Crippen LogP contribution in [0.2, 0.25) is 0 Å². The third-order valence-corrected chi connectivity index (χ3v) is 9.03. The van der Waals surface area contributed by atoms with E-state index in [9.17, 15) is 12.8 Å². The van der Waals surface area contributed by atoms with Gasteiger partial charge >= 0.3 is 0 Å². The Morgan fingerprint density at radius 1 is 1.12 bits per heavy atom. The van der Waals surface area contributed by atoms with Gasteiger partial charge in [-0.15, -0.1) is 0 Å². The van der Waals surface area contributed by atoms with Crippen molar-refractivity contribution in [2.45, 2.75) is 30.3 Å². The van der Waals surface area contributed by atoms with Gasteiger partial charge in [-0.2, -0.15) is 4.31 Å². The van der Waals surface area contributed by atoms with E-state index in [2.05, 4.69) is 19.9 Å². The summed E-state index contributed by atoms with van der Waals surface area (Å²) in [5.74, 6) is -0.248. The van der Waals surface area contributed by atoms with Gasteiger partial charge in [-0.3, -0.25) is 0 Å². The summed E-state index contributed by atoms with van der Waals surface area (Å²) in [4.78, 5) is 8.45. The highest BCUT2D eigenvalue weighted by atomic mass is 32.2. The van der Waals surface area contributed by atoms with Crippen molar-refractivity contribution in [2.75, 3.05) is 12.4 Å². The SMILES string of the molecule is CNc1ncc(S(=O)(=O)N2Cc3cccc(-c4cncn4CCc4ccc(F)cc4)c3C2)s1. The molecule has 0 bridgehead atoms. The Morgan fingerprint density at radius 3 is 2.70 bits per heavy atom. The highest BCUT2D eigenvalue weighted by molar-refractivity contribution is 7.91. The molecule has 0 radical (unpaired) electrons. The van der Waals surface area contributed by atoms with E-state index >= 15 is 0 Å². The van der Waals surface area contributed by atoms with Crippen LogP contribution in [0.25, 0.3) is 11.3 Å². The van der Waals surface area contributed by atoms with Gasteiger partial charge in [0.2, 0.25) is 0 Å². The molecule has 1 aliphatic rings. The topological polar surface area (TPSA) is 80.1 Å². The third kappa shape index (κ3) is 4.17. The van der Waals surface area contributed by atoms with Crippen LogP contribution >= 0.6 is 11.3 Å². The maximum absolute atomic E-state index is 13.2. The second-order valence-corrected chi connectivity index (χ2v) is 11.0. The lowest BCUT2D eigenvalue weighted by molar-refractivity contribution is 0.433. The van der Waals surface area contributed by atoms with Crippen molar-refractivity contribution in [3.63, 3.8) is 0 Å². The van der Waals surface area contributed by atoms with E-state index in [4.69, 9.17) is 0 Å². The van der Waals surface area contributed by atoms with E-state index in [1.165, 1.54) is 22.6 Å². The largest absolute Gasteiger partial charge is 0.365 e. The van der Waals surface area contributed by atoms with E-state index in [0.717, 1.165) is 45.7 Å². The minimum atomic E-state index is -3.64. The molecule has 0 amide bonds. The number of sulfonamides is 1. The number of aryl methyl sites for hydroxylation is 2. The number of thiazole rings is 1. The number of nitrogens with one attached hydrogen (secondary N) is 1. The van der Waals surface area contributed by atoms with Crippen LogP contribution in [0.1, 0.15) is 16.7 Å². The van der Waals surface area contributed by atoms with Gasteiger partial charge in [-0.1, -0.05) is 41.7 Å². The summed E-state index contributed by atoms with van der Waals surface area (Å²) >= 11 is 1.13. The normalized spacial score (nSPS) is 13.9. The van der Waals surface area contributed by atoms with Gasteiger partial charge in [0.15, 0.2) is 9.34 Å². The summed E-state index contributed by atoms with van der Waals surface area (Å²) in [6, 6.07) is 12.4. The molecule has 33 heavy (non-hydrogen) atoms. The van der Waals surface area contributed by atoms with Crippen LogP contribution in [0.5, 0.6) is 0 Å². The first-order chi connectivity index (χ1) is 16.0. The predicted molar refractivity (Wildman–Crippen MR) is 126 cm³/mol. The molecule has 0 saturated heterocycles. The van der Waals surface area contributed by atoms with Crippen LogP contribution in [0.15, 0.2) is 65.4 Å². The highest BCUT2D eigenvalue weighted by Crippen LogP contribution is 2.36. The van der Waals surface area contributed by atoms with E-state index in [-0.39, 0.29) is 10.0 Å². The molecule has 3 heterocycles. The molecular weight excluding hydrogens is 461 g/mol. The van der Waals surface area contributed by atoms with Crippen molar-refractivity contribution in [3.8, 4) is 11.3 Å². The van der Waals surface area contributed by atoms with Crippen LogP contribution in [0, 0.1) is 5.82 Å². The van der Waals surface area contributed by atoms with Crippen LogP contribution in [0.4, 0.5) is 9.52 Å². The fourth-order valence-corrected chi connectivity index (χ4v) is 6.57. The fraction of sp³-hybridized carbons (Fsp3) is 0.217. The van der Waals surface area contributed by atoms with Crippen molar-refractivity contribution in [1.82, 2.24) is 18.8 Å². The number of fused-ring (bicyclic) bond motifs is 1. The Bertz CT molecular complexity index is 1400. The van der Waals surface area contributed by atoms with Crippen molar-refractivity contribution in [1.29, 1.82) is 0 Å². The van der Waals surface area contributed by atoms with E-state index in [0.29, 0.717) is 24.8 Å². The standard InChI is InChI=1S/C23H22FN5O2S2/c1-25-23-27-12-22(32-23)33(30,31)29-13-17-3-2-4-19(20(17)14-29)21-11-26-15-28(21)10-9-16-5-7-18(24)8-6-16/h2-8,11-12,15H,9-10,13-14H2,1H3,(H,25,27). The minimum absolute atomic E-state index is 0.227. The number of hydrogen-bond acceptors (Lipinski definition) is 6. The minimum Gasteiger partial charge on any atom is -0.365 e. The Kier molecular flexibility index (Phi) is 5.73. The molecule has 0 saturated carbocycles. The summed E-state index contributed by atoms with van der Waals surface area (Å²) in [6.07, 6.45) is 5.72. The molecule has 5 rings (SSSR count). The van der Waals surface area contributed by atoms with Gasteiger partial charge < -0.3 is 9.88 Å². The van der Waals surface area contributed by atoms with Crippen LogP contribution in [0.3, 0.4) is 0 Å². The average Bonchev–Trinajstić information content (AvgIpc) is 3.57. The van der Waals surface area contributed by atoms with Crippen molar-refractivity contribution < 1.29 is 12.8 Å². The van der Waals surface area contributed by atoms with Crippen LogP contribution in [-0.4, -0.2) is 34.3 Å². The number of rotatable bonds is 7. The fourth-order valence-electron chi connectivity index (χ4n) is 4.05. The second-order valence-electron chi connectivity index (χ2n) is 7.80. The molecule has 1 aliphatic heterocycles. The van der Waals surface area contributed by atoms with Crippen molar-refractivity contribution >= 4 is 26.5 Å². The molecule has 7 nitrogen and oxygen atoms in total. The van der Waals surface area contributed by atoms with Crippen molar-refractivity contribution in [2.24, 2.45) is 0 Å². The predicted octanol–water partition coefficient (Wildman–Crippen LogP) is 4.13. The summed E-state index contributed by atoms with van der Waals surface area (Å²) in [6.45, 7) is 1.30. The maximum atomic E-state index is 13.2. The van der Waals surface area contributed by atoms with Gasteiger partial charge in [0, 0.05) is 32.2 Å². The van der Waals surface area contributed by atoms with Gasteiger partial charge in [-0.25, -0.2) is 22.8 Å². The van der Waals surface area contributed by atoms with Crippen molar-refractivity contribution in [3.05, 3.63) is 83.7 Å². The molecule has 170 valence electrons. The summed E-state index contributed by atoms with van der Waals surface area (Å²) in [5.41, 5.74) is 4.92. The summed E-state index contributed by atoms with van der Waals surface area (Å²) < 4.78 is 43.4. The number of aromatic nitrogens is 3. The number of benzene rings is 2. The van der Waals surface area contributed by atoms with Gasteiger partial charge in [0.1, 0.15) is 5.82 Å². The number of imidazole rings is 1. The number of hydrogen-bond donors (Lipinski definition) is 1. The Morgan fingerprint density at radius 2 is 1.94 bits per heavy atom. The molecular formula is C23H22FN5O2S2. The Hall–Kier alpha value is -3.08. The zero-order valence-corrected chi connectivity index (χ0v) is 19.5. The molecule has 10 heteroatoms. The first kappa shape index (κ1) is 21.7. The lowest BCUT2D eigenvalue weighted by Gasteiger charge is -2.14. The summed E-state index contributed by atoms with van der Waals surface area (Å²) in [7, 11) is -1.93. The average molecular weight is 484 g/mol.